The fraction of sp³-hybridized carbons (Fsp3) is 0.208. The number of hydrogen-bond acceptors (Lipinski definition) is 6. The Kier molecular flexibility index (Phi) is 6.78. The molecule has 10 heteroatoms. The second-order valence-corrected chi connectivity index (χ2v) is 9.02. The third kappa shape index (κ3) is 5.70. The SMILES string of the molecule is Cc1cc(C)cc(NC(=O)CSc2nnc(Cc3cc(=O)[nH]c(=O)[nH]3)n2-c2cccc(C)c2)c1. The molecule has 0 aliphatic heterocycles. The summed E-state index contributed by atoms with van der Waals surface area (Å²) in [6.07, 6.45) is 0.190. The van der Waals surface area contributed by atoms with Crippen LogP contribution < -0.4 is 16.6 Å². The van der Waals surface area contributed by atoms with Crippen LogP contribution in [0.5, 0.6) is 0 Å². The zero-order valence-corrected chi connectivity index (χ0v) is 19.8. The van der Waals surface area contributed by atoms with E-state index in [0.717, 1.165) is 28.1 Å². The molecule has 0 fully saturated rings. The Labute approximate surface area is 199 Å². The van der Waals surface area contributed by atoms with Crippen LogP contribution in [0, 0.1) is 20.8 Å². The molecule has 4 aromatic rings. The summed E-state index contributed by atoms with van der Waals surface area (Å²) in [4.78, 5) is 40.8. The number of anilines is 1. The van der Waals surface area contributed by atoms with Crippen LogP contribution in [0.25, 0.3) is 5.69 Å². The van der Waals surface area contributed by atoms with E-state index in [2.05, 4.69) is 25.5 Å². The maximum absolute atomic E-state index is 12.6. The first-order valence-electron chi connectivity index (χ1n) is 10.6. The lowest BCUT2D eigenvalue weighted by atomic mass is 10.1. The minimum Gasteiger partial charge on any atom is -0.325 e. The molecule has 2 heterocycles. The molecular weight excluding hydrogens is 452 g/mol. The number of hydrogen-bond donors (Lipinski definition) is 3. The number of rotatable bonds is 7. The fourth-order valence-corrected chi connectivity index (χ4v) is 4.46. The molecule has 0 spiro atoms. The van der Waals surface area contributed by atoms with Crippen molar-refractivity contribution in [1.29, 1.82) is 0 Å². The van der Waals surface area contributed by atoms with E-state index in [1.165, 1.54) is 17.8 Å². The number of thioether (sulfide) groups is 1. The lowest BCUT2D eigenvalue weighted by Gasteiger charge is -2.11. The highest BCUT2D eigenvalue weighted by Gasteiger charge is 2.17. The van der Waals surface area contributed by atoms with Gasteiger partial charge in [-0.25, -0.2) is 4.79 Å². The highest BCUT2D eigenvalue weighted by Crippen LogP contribution is 2.24. The molecule has 0 saturated heterocycles. The van der Waals surface area contributed by atoms with E-state index in [1.54, 1.807) is 0 Å². The number of benzene rings is 2. The Bertz CT molecular complexity index is 1420. The first-order valence-corrected chi connectivity index (χ1v) is 11.6. The molecule has 3 N–H and O–H groups in total. The maximum atomic E-state index is 12.6. The topological polar surface area (TPSA) is 126 Å². The molecule has 0 bridgehead atoms. The van der Waals surface area contributed by atoms with Crippen LogP contribution in [0.3, 0.4) is 0 Å². The number of nitrogens with one attached hydrogen (secondary N) is 3. The van der Waals surface area contributed by atoms with Gasteiger partial charge in [-0.2, -0.15) is 0 Å². The number of aryl methyl sites for hydroxylation is 3. The van der Waals surface area contributed by atoms with Gasteiger partial charge in [0.2, 0.25) is 5.91 Å². The standard InChI is InChI=1S/C24H24N6O3S/c1-14-5-4-6-19(10-14)30-20(11-18-12-21(31)27-23(33)26-18)28-29-24(30)34-13-22(32)25-17-8-15(2)7-16(3)9-17/h4-10,12H,11,13H2,1-3H3,(H,25,32)(H2,26,27,31,33). The summed E-state index contributed by atoms with van der Waals surface area (Å²) >= 11 is 1.26. The van der Waals surface area contributed by atoms with Gasteiger partial charge in [-0.05, 0) is 61.7 Å². The number of aromatic amines is 2. The van der Waals surface area contributed by atoms with Crippen LogP contribution in [0.4, 0.5) is 5.69 Å². The van der Waals surface area contributed by atoms with E-state index in [1.807, 2.05) is 67.8 Å². The number of carbonyl (C=O) groups excluding carboxylic acids is 1. The molecule has 0 aliphatic rings. The number of H-pyrrole nitrogens is 2. The Morgan fingerprint density at radius 2 is 1.74 bits per heavy atom. The van der Waals surface area contributed by atoms with Gasteiger partial charge in [0.15, 0.2) is 5.16 Å². The first kappa shape index (κ1) is 23.2. The number of nitrogens with zero attached hydrogens (tertiary/aromatic N) is 3. The monoisotopic (exact) mass is 476 g/mol. The first-order chi connectivity index (χ1) is 16.3. The van der Waals surface area contributed by atoms with Crippen molar-refractivity contribution in [1.82, 2.24) is 24.7 Å². The van der Waals surface area contributed by atoms with Gasteiger partial charge >= 0.3 is 5.69 Å². The van der Waals surface area contributed by atoms with Gasteiger partial charge in [-0.3, -0.25) is 19.1 Å². The second kappa shape index (κ2) is 9.92. The van der Waals surface area contributed by atoms with Crippen molar-refractivity contribution in [3.05, 3.63) is 97.6 Å². The minimum absolute atomic E-state index is 0.138. The van der Waals surface area contributed by atoms with Crippen LogP contribution in [-0.2, 0) is 11.2 Å². The molecular formula is C24H24N6O3S. The fourth-order valence-electron chi connectivity index (χ4n) is 3.69. The third-order valence-electron chi connectivity index (χ3n) is 4.96. The predicted molar refractivity (Wildman–Crippen MR) is 132 cm³/mol. The average molecular weight is 477 g/mol. The van der Waals surface area contributed by atoms with Crippen LogP contribution in [0.15, 0.2) is 63.3 Å². The second-order valence-electron chi connectivity index (χ2n) is 8.08. The van der Waals surface area contributed by atoms with E-state index in [-0.39, 0.29) is 18.1 Å². The van der Waals surface area contributed by atoms with E-state index in [0.29, 0.717) is 16.7 Å². The summed E-state index contributed by atoms with van der Waals surface area (Å²) < 4.78 is 1.83. The molecule has 1 amide bonds. The lowest BCUT2D eigenvalue weighted by molar-refractivity contribution is -0.113. The predicted octanol–water partition coefficient (Wildman–Crippen LogP) is 2.89. The van der Waals surface area contributed by atoms with Gasteiger partial charge in [0.05, 0.1) is 5.75 Å². The molecule has 34 heavy (non-hydrogen) atoms. The number of amides is 1. The average Bonchev–Trinajstić information content (AvgIpc) is 3.13. The summed E-state index contributed by atoms with van der Waals surface area (Å²) in [5, 5.41) is 12.0. The van der Waals surface area contributed by atoms with Gasteiger partial charge in [0.25, 0.3) is 5.56 Å². The van der Waals surface area contributed by atoms with E-state index in [9.17, 15) is 14.4 Å². The molecule has 174 valence electrons. The summed E-state index contributed by atoms with van der Waals surface area (Å²) in [7, 11) is 0. The van der Waals surface area contributed by atoms with Gasteiger partial charge in [-0.15, -0.1) is 10.2 Å². The number of carbonyl (C=O) groups is 1. The molecule has 4 rings (SSSR count). The summed E-state index contributed by atoms with van der Waals surface area (Å²) in [5.74, 6) is 0.511. The van der Waals surface area contributed by atoms with Gasteiger partial charge < -0.3 is 10.3 Å². The minimum atomic E-state index is -0.582. The molecule has 9 nitrogen and oxygen atoms in total. The van der Waals surface area contributed by atoms with Gasteiger partial charge in [0, 0.05) is 29.6 Å². The lowest BCUT2D eigenvalue weighted by Crippen LogP contribution is -2.23. The summed E-state index contributed by atoms with van der Waals surface area (Å²) in [5.41, 5.74) is 4.12. The van der Waals surface area contributed by atoms with Crippen molar-refractivity contribution in [2.24, 2.45) is 0 Å². The van der Waals surface area contributed by atoms with Gasteiger partial charge in [0.1, 0.15) is 5.82 Å². The zero-order chi connectivity index (χ0) is 24.2. The van der Waals surface area contributed by atoms with E-state index < -0.39 is 11.2 Å². The van der Waals surface area contributed by atoms with Crippen LogP contribution in [-0.4, -0.2) is 36.4 Å². The van der Waals surface area contributed by atoms with Crippen molar-refractivity contribution in [3.8, 4) is 5.69 Å². The molecule has 0 unspecified atom stereocenters. The molecule has 2 aromatic carbocycles. The largest absolute Gasteiger partial charge is 0.325 e. The highest BCUT2D eigenvalue weighted by molar-refractivity contribution is 7.99. The Morgan fingerprint density at radius 1 is 0.971 bits per heavy atom. The van der Waals surface area contributed by atoms with Crippen molar-refractivity contribution in [2.75, 3.05) is 11.1 Å². The summed E-state index contributed by atoms with van der Waals surface area (Å²) in [6, 6.07) is 15.0. The van der Waals surface area contributed by atoms with Crippen LogP contribution >= 0.6 is 11.8 Å². The van der Waals surface area contributed by atoms with Crippen molar-refractivity contribution in [3.63, 3.8) is 0 Å². The Balaban J connectivity index is 1.59. The molecule has 0 radical (unpaired) electrons. The zero-order valence-electron chi connectivity index (χ0n) is 19.0. The van der Waals surface area contributed by atoms with Crippen molar-refractivity contribution < 1.29 is 4.79 Å². The molecule has 0 saturated carbocycles. The van der Waals surface area contributed by atoms with E-state index in [4.69, 9.17) is 0 Å². The van der Waals surface area contributed by atoms with Crippen molar-refractivity contribution >= 4 is 23.4 Å². The quantitative estimate of drug-likeness (QED) is 0.352. The molecule has 2 aromatic heterocycles. The van der Waals surface area contributed by atoms with Crippen molar-refractivity contribution in [2.45, 2.75) is 32.3 Å². The Hall–Kier alpha value is -3.92. The van der Waals surface area contributed by atoms with E-state index >= 15 is 0 Å². The third-order valence-corrected chi connectivity index (χ3v) is 5.89. The molecule has 0 aliphatic carbocycles. The van der Waals surface area contributed by atoms with Crippen LogP contribution in [0.2, 0.25) is 0 Å². The number of aromatic nitrogens is 5. The van der Waals surface area contributed by atoms with Crippen LogP contribution in [0.1, 0.15) is 28.2 Å². The smallest absolute Gasteiger partial charge is 0.325 e. The van der Waals surface area contributed by atoms with Gasteiger partial charge in [-0.1, -0.05) is 30.0 Å². The maximum Gasteiger partial charge on any atom is 0.325 e. The molecule has 0 atom stereocenters. The summed E-state index contributed by atoms with van der Waals surface area (Å²) in [6.45, 7) is 5.94. The Morgan fingerprint density at radius 3 is 2.44 bits per heavy atom. The normalized spacial score (nSPS) is 10.9. The highest BCUT2D eigenvalue weighted by atomic mass is 32.2.